The maximum absolute atomic E-state index is 12.0. The van der Waals surface area contributed by atoms with Gasteiger partial charge in [-0.05, 0) is 44.5 Å². The molecule has 2 aromatic rings. The normalized spacial score (nSPS) is 10.2. The number of rotatable bonds is 11. The van der Waals surface area contributed by atoms with Gasteiger partial charge in [0.05, 0.1) is 26.2 Å². The molecule has 1 amide bonds. The van der Waals surface area contributed by atoms with Crippen LogP contribution in [0.15, 0.2) is 42.5 Å². The summed E-state index contributed by atoms with van der Waals surface area (Å²) in [6, 6.07) is 12.6. The molecule has 0 saturated heterocycles. The molecule has 0 heterocycles. The van der Waals surface area contributed by atoms with E-state index in [2.05, 4.69) is 5.32 Å². The molecule has 0 aliphatic rings. The smallest absolute Gasteiger partial charge is 0.309 e. The van der Waals surface area contributed by atoms with Gasteiger partial charge in [0, 0.05) is 11.8 Å². The van der Waals surface area contributed by atoms with E-state index in [1.54, 1.807) is 18.2 Å². The molecule has 2 aromatic carbocycles. The van der Waals surface area contributed by atoms with E-state index in [4.69, 9.17) is 18.9 Å². The standard InChI is InChI=1S/C22H27NO6/c1-4-26-19-11-10-17(14-20(19)27-5-2)23-21(24)15-29-22(25)12-13-28-18-9-7-6-8-16(18)3/h6-11,14H,4-5,12-13,15H2,1-3H3,(H,23,24). The van der Waals surface area contributed by atoms with Crippen molar-refractivity contribution in [2.75, 3.05) is 31.7 Å². The number of benzene rings is 2. The summed E-state index contributed by atoms with van der Waals surface area (Å²) >= 11 is 0. The predicted octanol–water partition coefficient (Wildman–Crippen LogP) is 3.74. The molecule has 0 spiro atoms. The average Bonchev–Trinajstić information content (AvgIpc) is 2.70. The van der Waals surface area contributed by atoms with Gasteiger partial charge in [-0.1, -0.05) is 18.2 Å². The van der Waals surface area contributed by atoms with Crippen LogP contribution >= 0.6 is 0 Å². The van der Waals surface area contributed by atoms with Crippen molar-refractivity contribution in [3.63, 3.8) is 0 Å². The Morgan fingerprint density at radius 3 is 2.34 bits per heavy atom. The first-order valence-corrected chi connectivity index (χ1v) is 9.57. The van der Waals surface area contributed by atoms with Gasteiger partial charge in [-0.15, -0.1) is 0 Å². The van der Waals surface area contributed by atoms with E-state index in [9.17, 15) is 9.59 Å². The Bertz CT molecular complexity index is 821. The fourth-order valence-electron chi connectivity index (χ4n) is 2.51. The Kier molecular flexibility index (Phi) is 8.82. The van der Waals surface area contributed by atoms with Gasteiger partial charge in [0.2, 0.25) is 0 Å². The Balaban J connectivity index is 1.76. The molecule has 0 radical (unpaired) electrons. The van der Waals surface area contributed by atoms with Gasteiger partial charge in [-0.2, -0.15) is 0 Å². The van der Waals surface area contributed by atoms with Crippen molar-refractivity contribution in [3.8, 4) is 17.2 Å². The maximum Gasteiger partial charge on any atom is 0.309 e. The summed E-state index contributed by atoms with van der Waals surface area (Å²) in [5, 5.41) is 2.67. The van der Waals surface area contributed by atoms with E-state index in [1.165, 1.54) is 0 Å². The summed E-state index contributed by atoms with van der Waals surface area (Å²) in [7, 11) is 0. The van der Waals surface area contributed by atoms with Crippen LogP contribution in [0.3, 0.4) is 0 Å². The predicted molar refractivity (Wildman–Crippen MR) is 110 cm³/mol. The van der Waals surface area contributed by atoms with Crippen LogP contribution in [0.1, 0.15) is 25.8 Å². The molecule has 0 unspecified atom stereocenters. The van der Waals surface area contributed by atoms with Crippen molar-refractivity contribution in [1.82, 2.24) is 0 Å². The highest BCUT2D eigenvalue weighted by Gasteiger charge is 2.11. The highest BCUT2D eigenvalue weighted by Crippen LogP contribution is 2.30. The number of hydrogen-bond donors (Lipinski definition) is 1. The lowest BCUT2D eigenvalue weighted by atomic mass is 10.2. The summed E-state index contributed by atoms with van der Waals surface area (Å²) < 4.78 is 21.6. The van der Waals surface area contributed by atoms with Crippen LogP contribution in [0.5, 0.6) is 17.2 Å². The van der Waals surface area contributed by atoms with E-state index < -0.39 is 11.9 Å². The molecule has 2 rings (SSSR count). The van der Waals surface area contributed by atoms with Crippen LogP contribution in [0.2, 0.25) is 0 Å². The van der Waals surface area contributed by atoms with Gasteiger partial charge in [-0.3, -0.25) is 9.59 Å². The van der Waals surface area contributed by atoms with Crippen LogP contribution in [0.25, 0.3) is 0 Å². The van der Waals surface area contributed by atoms with Crippen LogP contribution in [-0.2, 0) is 14.3 Å². The van der Waals surface area contributed by atoms with Gasteiger partial charge in [0.1, 0.15) is 5.75 Å². The third-order valence-corrected chi connectivity index (χ3v) is 3.85. The number of carbonyl (C=O) groups excluding carboxylic acids is 2. The number of para-hydroxylation sites is 1. The van der Waals surface area contributed by atoms with Gasteiger partial charge in [-0.25, -0.2) is 0 Å². The first-order valence-electron chi connectivity index (χ1n) is 9.57. The zero-order chi connectivity index (χ0) is 21.1. The fraction of sp³-hybridized carbons (Fsp3) is 0.364. The van der Waals surface area contributed by atoms with Gasteiger partial charge >= 0.3 is 5.97 Å². The van der Waals surface area contributed by atoms with Gasteiger partial charge < -0.3 is 24.3 Å². The molecular formula is C22H27NO6. The van der Waals surface area contributed by atoms with Crippen molar-refractivity contribution in [3.05, 3.63) is 48.0 Å². The zero-order valence-corrected chi connectivity index (χ0v) is 17.0. The van der Waals surface area contributed by atoms with Crippen molar-refractivity contribution in [2.24, 2.45) is 0 Å². The number of hydrogen-bond acceptors (Lipinski definition) is 6. The minimum Gasteiger partial charge on any atom is -0.493 e. The van der Waals surface area contributed by atoms with E-state index in [-0.39, 0.29) is 19.6 Å². The quantitative estimate of drug-likeness (QED) is 0.578. The number of ether oxygens (including phenoxy) is 4. The summed E-state index contributed by atoms with van der Waals surface area (Å²) in [4.78, 5) is 23.9. The molecule has 29 heavy (non-hydrogen) atoms. The summed E-state index contributed by atoms with van der Waals surface area (Å²) in [6.45, 7) is 6.46. The highest BCUT2D eigenvalue weighted by molar-refractivity contribution is 5.93. The molecule has 1 N–H and O–H groups in total. The second-order valence-corrected chi connectivity index (χ2v) is 6.10. The third kappa shape index (κ3) is 7.37. The number of aryl methyl sites for hydroxylation is 1. The summed E-state index contributed by atoms with van der Waals surface area (Å²) in [5.74, 6) is 0.920. The van der Waals surface area contributed by atoms with Gasteiger partial charge in [0.15, 0.2) is 18.1 Å². The molecule has 0 fully saturated rings. The third-order valence-electron chi connectivity index (χ3n) is 3.85. The maximum atomic E-state index is 12.0. The van der Waals surface area contributed by atoms with Gasteiger partial charge in [0.25, 0.3) is 5.91 Å². The van der Waals surface area contributed by atoms with Crippen LogP contribution < -0.4 is 19.5 Å². The number of carbonyl (C=O) groups is 2. The largest absolute Gasteiger partial charge is 0.493 e. The number of esters is 1. The molecule has 0 aliphatic heterocycles. The van der Waals surface area contributed by atoms with E-state index >= 15 is 0 Å². The second kappa shape index (κ2) is 11.6. The Hall–Kier alpha value is -3.22. The van der Waals surface area contributed by atoms with Crippen molar-refractivity contribution < 1.29 is 28.5 Å². The minimum absolute atomic E-state index is 0.0547. The first kappa shape index (κ1) is 22.1. The lowest BCUT2D eigenvalue weighted by Gasteiger charge is -2.13. The highest BCUT2D eigenvalue weighted by atomic mass is 16.5. The van der Waals surface area contributed by atoms with Crippen molar-refractivity contribution >= 4 is 17.6 Å². The van der Waals surface area contributed by atoms with Crippen LogP contribution in [0, 0.1) is 6.92 Å². The lowest BCUT2D eigenvalue weighted by molar-refractivity contribution is -0.147. The van der Waals surface area contributed by atoms with Crippen LogP contribution in [-0.4, -0.2) is 38.3 Å². The molecule has 0 atom stereocenters. The monoisotopic (exact) mass is 401 g/mol. The van der Waals surface area contributed by atoms with E-state index in [0.29, 0.717) is 30.4 Å². The molecule has 7 heteroatoms. The fourth-order valence-corrected chi connectivity index (χ4v) is 2.51. The van der Waals surface area contributed by atoms with E-state index in [0.717, 1.165) is 11.3 Å². The molecule has 0 aromatic heterocycles. The SMILES string of the molecule is CCOc1ccc(NC(=O)COC(=O)CCOc2ccccc2C)cc1OCC. The summed E-state index contributed by atoms with van der Waals surface area (Å²) in [5.41, 5.74) is 1.52. The Morgan fingerprint density at radius 1 is 0.897 bits per heavy atom. The number of nitrogens with one attached hydrogen (secondary N) is 1. The molecule has 0 aliphatic carbocycles. The molecule has 0 bridgehead atoms. The molecular weight excluding hydrogens is 374 g/mol. The average molecular weight is 401 g/mol. The molecule has 7 nitrogen and oxygen atoms in total. The second-order valence-electron chi connectivity index (χ2n) is 6.10. The first-order chi connectivity index (χ1) is 14.0. The molecule has 156 valence electrons. The Labute approximate surface area is 170 Å². The van der Waals surface area contributed by atoms with E-state index in [1.807, 2.05) is 45.0 Å². The zero-order valence-electron chi connectivity index (χ0n) is 17.0. The van der Waals surface area contributed by atoms with Crippen molar-refractivity contribution in [2.45, 2.75) is 27.2 Å². The van der Waals surface area contributed by atoms with Crippen LogP contribution in [0.4, 0.5) is 5.69 Å². The summed E-state index contributed by atoms with van der Waals surface area (Å²) in [6.07, 6.45) is 0.0547. The minimum atomic E-state index is -0.504. The van der Waals surface area contributed by atoms with Crippen molar-refractivity contribution in [1.29, 1.82) is 0 Å². The Morgan fingerprint density at radius 2 is 1.62 bits per heavy atom. The lowest BCUT2D eigenvalue weighted by Crippen LogP contribution is -2.21. The number of amides is 1. The molecule has 0 saturated carbocycles. The number of anilines is 1. The topological polar surface area (TPSA) is 83.1 Å².